The zero-order valence-electron chi connectivity index (χ0n) is 9.64. The van der Waals surface area contributed by atoms with Gasteiger partial charge in [0.1, 0.15) is 5.75 Å². The van der Waals surface area contributed by atoms with Gasteiger partial charge in [0, 0.05) is 18.5 Å². The minimum atomic E-state index is 0.487. The lowest BCUT2D eigenvalue weighted by atomic mass is 10.2. The van der Waals surface area contributed by atoms with E-state index in [1.165, 1.54) is 5.56 Å². The summed E-state index contributed by atoms with van der Waals surface area (Å²) in [6.45, 7) is 1.24. The number of benzene rings is 1. The third kappa shape index (κ3) is 3.18. The molecule has 90 valence electrons. The van der Waals surface area contributed by atoms with Crippen molar-refractivity contribution in [2.45, 2.75) is 13.1 Å². The van der Waals surface area contributed by atoms with Crippen molar-refractivity contribution in [1.29, 1.82) is 0 Å². The van der Waals surface area contributed by atoms with E-state index in [4.69, 9.17) is 10.5 Å². The van der Waals surface area contributed by atoms with Crippen LogP contribution in [-0.4, -0.2) is 12.1 Å². The molecule has 2 rings (SSSR count). The summed E-state index contributed by atoms with van der Waals surface area (Å²) in [6, 6.07) is 7.96. The summed E-state index contributed by atoms with van der Waals surface area (Å²) >= 11 is 1.57. The number of methoxy groups -OCH3 is 1. The van der Waals surface area contributed by atoms with Crippen LogP contribution in [0.5, 0.6) is 5.75 Å². The highest BCUT2D eigenvalue weighted by Crippen LogP contribution is 2.17. The monoisotopic (exact) mass is 249 g/mol. The SMILES string of the molecule is COc1ccc(CNc2nc(CN)cs2)cc1. The van der Waals surface area contributed by atoms with Crippen molar-refractivity contribution >= 4 is 16.5 Å². The molecule has 5 heteroatoms. The fraction of sp³-hybridized carbons (Fsp3) is 0.250. The summed E-state index contributed by atoms with van der Waals surface area (Å²) in [7, 11) is 1.66. The molecular formula is C12H15N3OS. The number of nitrogens with zero attached hydrogens (tertiary/aromatic N) is 1. The smallest absolute Gasteiger partial charge is 0.183 e. The van der Waals surface area contributed by atoms with Crippen LogP contribution in [0.25, 0.3) is 0 Å². The Kier molecular flexibility index (Phi) is 3.95. The van der Waals surface area contributed by atoms with Gasteiger partial charge in [-0.2, -0.15) is 0 Å². The largest absolute Gasteiger partial charge is 0.497 e. The molecule has 0 amide bonds. The fourth-order valence-corrected chi connectivity index (χ4v) is 2.13. The van der Waals surface area contributed by atoms with Gasteiger partial charge in [-0.25, -0.2) is 4.98 Å². The van der Waals surface area contributed by atoms with Gasteiger partial charge in [0.05, 0.1) is 12.8 Å². The molecule has 0 aliphatic heterocycles. The molecule has 0 spiro atoms. The Balaban J connectivity index is 1.92. The van der Waals surface area contributed by atoms with E-state index in [2.05, 4.69) is 10.3 Å². The van der Waals surface area contributed by atoms with Crippen LogP contribution >= 0.6 is 11.3 Å². The van der Waals surface area contributed by atoms with Gasteiger partial charge in [-0.1, -0.05) is 12.1 Å². The molecule has 1 heterocycles. The molecular weight excluding hydrogens is 234 g/mol. The third-order valence-corrected chi connectivity index (χ3v) is 3.21. The van der Waals surface area contributed by atoms with Crippen LogP contribution in [0.15, 0.2) is 29.6 Å². The molecule has 0 aliphatic carbocycles. The lowest BCUT2D eigenvalue weighted by molar-refractivity contribution is 0.414. The number of thiazole rings is 1. The van der Waals surface area contributed by atoms with Gasteiger partial charge in [-0.05, 0) is 17.7 Å². The average molecular weight is 249 g/mol. The molecule has 1 aromatic heterocycles. The lowest BCUT2D eigenvalue weighted by Crippen LogP contribution is -2.00. The van der Waals surface area contributed by atoms with E-state index in [0.717, 1.165) is 23.1 Å². The minimum absolute atomic E-state index is 0.487. The van der Waals surface area contributed by atoms with E-state index < -0.39 is 0 Å². The number of anilines is 1. The van der Waals surface area contributed by atoms with Gasteiger partial charge < -0.3 is 15.8 Å². The quantitative estimate of drug-likeness (QED) is 0.853. The summed E-state index contributed by atoms with van der Waals surface area (Å²) in [4.78, 5) is 4.34. The van der Waals surface area contributed by atoms with E-state index in [0.29, 0.717) is 6.54 Å². The first kappa shape index (κ1) is 11.9. The van der Waals surface area contributed by atoms with E-state index in [-0.39, 0.29) is 0 Å². The molecule has 0 unspecified atom stereocenters. The number of ether oxygens (including phenoxy) is 1. The van der Waals surface area contributed by atoms with Crippen molar-refractivity contribution in [2.75, 3.05) is 12.4 Å². The number of nitrogens with two attached hydrogens (primary N) is 1. The molecule has 0 radical (unpaired) electrons. The van der Waals surface area contributed by atoms with E-state index in [1.54, 1.807) is 18.4 Å². The summed E-state index contributed by atoms with van der Waals surface area (Å²) in [5.41, 5.74) is 7.62. The van der Waals surface area contributed by atoms with E-state index in [1.807, 2.05) is 29.6 Å². The van der Waals surface area contributed by atoms with Gasteiger partial charge in [0.15, 0.2) is 5.13 Å². The molecule has 0 saturated carbocycles. The summed E-state index contributed by atoms with van der Waals surface area (Å²) in [5, 5.41) is 6.14. The molecule has 2 aromatic rings. The highest BCUT2D eigenvalue weighted by Gasteiger charge is 2.00. The number of nitrogens with one attached hydrogen (secondary N) is 1. The highest BCUT2D eigenvalue weighted by atomic mass is 32.1. The second kappa shape index (κ2) is 5.65. The normalized spacial score (nSPS) is 10.2. The summed E-state index contributed by atoms with van der Waals surface area (Å²) in [6.07, 6.45) is 0. The van der Waals surface area contributed by atoms with Crippen molar-refractivity contribution in [2.24, 2.45) is 5.73 Å². The Morgan fingerprint density at radius 2 is 2.12 bits per heavy atom. The van der Waals surface area contributed by atoms with Crippen molar-refractivity contribution in [3.63, 3.8) is 0 Å². The fourth-order valence-electron chi connectivity index (χ4n) is 1.40. The molecule has 0 atom stereocenters. The van der Waals surface area contributed by atoms with Crippen molar-refractivity contribution in [1.82, 2.24) is 4.98 Å². The highest BCUT2D eigenvalue weighted by molar-refractivity contribution is 7.13. The first-order chi connectivity index (χ1) is 8.31. The predicted octanol–water partition coefficient (Wildman–Crippen LogP) is 2.22. The average Bonchev–Trinajstić information content (AvgIpc) is 2.85. The van der Waals surface area contributed by atoms with Gasteiger partial charge in [-0.15, -0.1) is 11.3 Å². The maximum absolute atomic E-state index is 5.50. The molecule has 1 aromatic carbocycles. The minimum Gasteiger partial charge on any atom is -0.497 e. The lowest BCUT2D eigenvalue weighted by Gasteiger charge is -2.04. The first-order valence-corrected chi connectivity index (χ1v) is 6.21. The molecule has 0 saturated heterocycles. The van der Waals surface area contributed by atoms with Crippen LogP contribution in [0.2, 0.25) is 0 Å². The number of aromatic nitrogens is 1. The van der Waals surface area contributed by atoms with Crippen LogP contribution in [0.4, 0.5) is 5.13 Å². The summed E-state index contributed by atoms with van der Waals surface area (Å²) < 4.78 is 5.11. The molecule has 4 nitrogen and oxygen atoms in total. The van der Waals surface area contributed by atoms with E-state index in [9.17, 15) is 0 Å². The number of hydrogen-bond acceptors (Lipinski definition) is 5. The van der Waals surface area contributed by atoms with Crippen molar-refractivity contribution in [3.05, 3.63) is 40.9 Å². The zero-order chi connectivity index (χ0) is 12.1. The standard InChI is InChI=1S/C12H15N3OS/c1-16-11-4-2-9(3-5-11)7-14-12-15-10(6-13)8-17-12/h2-5,8H,6-7,13H2,1H3,(H,14,15). The topological polar surface area (TPSA) is 60.2 Å². The second-order valence-corrected chi connectivity index (χ2v) is 4.41. The van der Waals surface area contributed by atoms with Crippen LogP contribution < -0.4 is 15.8 Å². The first-order valence-electron chi connectivity index (χ1n) is 5.33. The van der Waals surface area contributed by atoms with Crippen LogP contribution in [0.3, 0.4) is 0 Å². The predicted molar refractivity (Wildman–Crippen MR) is 70.3 cm³/mol. The zero-order valence-corrected chi connectivity index (χ0v) is 10.5. The number of hydrogen-bond donors (Lipinski definition) is 2. The van der Waals surface area contributed by atoms with Crippen molar-refractivity contribution < 1.29 is 4.74 Å². The Labute approximate surface area is 104 Å². The van der Waals surface area contributed by atoms with Gasteiger partial charge in [-0.3, -0.25) is 0 Å². The Morgan fingerprint density at radius 3 is 2.71 bits per heavy atom. The third-order valence-electron chi connectivity index (χ3n) is 2.36. The van der Waals surface area contributed by atoms with Gasteiger partial charge >= 0.3 is 0 Å². The summed E-state index contributed by atoms with van der Waals surface area (Å²) in [5.74, 6) is 0.869. The molecule has 0 fully saturated rings. The Morgan fingerprint density at radius 1 is 1.35 bits per heavy atom. The second-order valence-electron chi connectivity index (χ2n) is 3.55. The molecule has 17 heavy (non-hydrogen) atoms. The molecule has 3 N–H and O–H groups in total. The van der Waals surface area contributed by atoms with E-state index >= 15 is 0 Å². The maximum Gasteiger partial charge on any atom is 0.183 e. The molecule has 0 aliphatic rings. The van der Waals surface area contributed by atoms with Gasteiger partial charge in [0.25, 0.3) is 0 Å². The van der Waals surface area contributed by atoms with Crippen LogP contribution in [0, 0.1) is 0 Å². The maximum atomic E-state index is 5.50. The van der Waals surface area contributed by atoms with Gasteiger partial charge in [0.2, 0.25) is 0 Å². The van der Waals surface area contributed by atoms with Crippen molar-refractivity contribution in [3.8, 4) is 5.75 Å². The Hall–Kier alpha value is -1.59. The Bertz CT molecular complexity index is 467. The van der Waals surface area contributed by atoms with Crippen LogP contribution in [0.1, 0.15) is 11.3 Å². The number of rotatable bonds is 5. The van der Waals surface area contributed by atoms with Crippen LogP contribution in [-0.2, 0) is 13.1 Å². The molecule has 0 bridgehead atoms.